The molecule has 6 nitrogen and oxygen atoms in total. The summed E-state index contributed by atoms with van der Waals surface area (Å²) in [5, 5.41) is 15.1. The fraction of sp³-hybridized carbons (Fsp3) is 0.263. The van der Waals surface area contributed by atoms with Crippen LogP contribution in [-0.2, 0) is 0 Å². The molecule has 1 saturated carbocycles. The first-order valence-corrected chi connectivity index (χ1v) is 9.63. The average molecular weight is 362 g/mol. The van der Waals surface area contributed by atoms with Gasteiger partial charge in [-0.1, -0.05) is 29.5 Å². The van der Waals surface area contributed by atoms with Gasteiger partial charge >= 0.3 is 0 Å². The van der Waals surface area contributed by atoms with Gasteiger partial charge in [0.05, 0.1) is 17.6 Å². The van der Waals surface area contributed by atoms with Crippen LogP contribution in [0.4, 0.5) is 5.82 Å². The van der Waals surface area contributed by atoms with E-state index in [1.807, 2.05) is 16.3 Å². The fourth-order valence-electron chi connectivity index (χ4n) is 3.06. The molecule has 0 bridgehead atoms. The highest BCUT2D eigenvalue weighted by atomic mass is 32.1. The summed E-state index contributed by atoms with van der Waals surface area (Å²) in [5.41, 5.74) is 3.22. The zero-order valence-corrected chi connectivity index (χ0v) is 15.1. The number of benzene rings is 1. The quantitative estimate of drug-likeness (QED) is 0.568. The maximum absolute atomic E-state index is 4.40. The van der Waals surface area contributed by atoms with Crippen LogP contribution in [0.3, 0.4) is 0 Å². The lowest BCUT2D eigenvalue weighted by molar-refractivity contribution is 0.610. The van der Waals surface area contributed by atoms with Gasteiger partial charge in [-0.15, -0.1) is 16.4 Å². The first-order valence-electron chi connectivity index (χ1n) is 8.75. The van der Waals surface area contributed by atoms with Gasteiger partial charge in [0.1, 0.15) is 22.7 Å². The molecule has 0 aliphatic heterocycles. The molecule has 1 aromatic carbocycles. The van der Waals surface area contributed by atoms with E-state index < -0.39 is 0 Å². The minimum Gasteiger partial charge on any atom is -0.363 e. The predicted molar refractivity (Wildman–Crippen MR) is 103 cm³/mol. The number of rotatable bonds is 5. The highest BCUT2D eigenvalue weighted by Crippen LogP contribution is 2.34. The van der Waals surface area contributed by atoms with Crippen LogP contribution < -0.4 is 5.32 Å². The molecule has 4 aromatic rings. The number of anilines is 1. The van der Waals surface area contributed by atoms with Gasteiger partial charge in [-0.3, -0.25) is 0 Å². The first-order chi connectivity index (χ1) is 12.8. The molecule has 1 atom stereocenters. The summed E-state index contributed by atoms with van der Waals surface area (Å²) in [6.45, 7) is 2.14. The summed E-state index contributed by atoms with van der Waals surface area (Å²) in [6.07, 6.45) is 6.08. The smallest absolute Gasteiger partial charge is 0.138 e. The average Bonchev–Trinajstić information content (AvgIpc) is 3.20. The van der Waals surface area contributed by atoms with Crippen LogP contribution in [0.5, 0.6) is 0 Å². The number of aromatic nitrogens is 5. The Kier molecular flexibility index (Phi) is 3.67. The molecule has 0 amide bonds. The van der Waals surface area contributed by atoms with Gasteiger partial charge in [0.15, 0.2) is 0 Å². The highest BCUT2D eigenvalue weighted by molar-refractivity contribution is 7.16. The zero-order chi connectivity index (χ0) is 17.5. The number of hydrogen-bond acceptors (Lipinski definition) is 6. The number of fused-ring (bicyclic) bond motifs is 1. The maximum atomic E-state index is 4.40. The van der Waals surface area contributed by atoms with Crippen LogP contribution >= 0.6 is 11.3 Å². The summed E-state index contributed by atoms with van der Waals surface area (Å²) in [6, 6.07) is 11.2. The molecular weight excluding hydrogens is 344 g/mol. The summed E-state index contributed by atoms with van der Waals surface area (Å²) < 4.78 is 1.98. The standard InChI is InChI=1S/C19H18N6S/c1-12(22-18-16-8-9-26-19(16)21-11-20-18)13-2-4-14(5-3-13)17-10-25(24-23-17)15-6-7-15/h2-5,8-12,15H,6-7H2,1H3,(H,20,21,22)/t12-/m0/s1. The molecule has 0 spiro atoms. The van der Waals surface area contributed by atoms with Crippen LogP contribution in [-0.4, -0.2) is 25.0 Å². The number of hydrogen-bond donors (Lipinski definition) is 1. The van der Waals surface area contributed by atoms with E-state index >= 15 is 0 Å². The van der Waals surface area contributed by atoms with E-state index in [-0.39, 0.29) is 6.04 Å². The van der Waals surface area contributed by atoms with Gasteiger partial charge in [-0.25, -0.2) is 14.6 Å². The molecule has 0 saturated heterocycles. The molecule has 0 radical (unpaired) electrons. The molecule has 1 aliphatic carbocycles. The molecule has 5 rings (SSSR count). The van der Waals surface area contributed by atoms with Crippen LogP contribution in [0.25, 0.3) is 21.5 Å². The van der Waals surface area contributed by atoms with Gasteiger partial charge in [0.25, 0.3) is 0 Å². The second kappa shape index (κ2) is 6.17. The van der Waals surface area contributed by atoms with Crippen molar-refractivity contribution in [3.05, 3.63) is 53.8 Å². The summed E-state index contributed by atoms with van der Waals surface area (Å²) in [5.74, 6) is 0.875. The molecule has 1 aliphatic rings. The van der Waals surface area contributed by atoms with Crippen molar-refractivity contribution in [1.82, 2.24) is 25.0 Å². The highest BCUT2D eigenvalue weighted by Gasteiger charge is 2.25. The van der Waals surface area contributed by atoms with Crippen molar-refractivity contribution in [1.29, 1.82) is 0 Å². The topological polar surface area (TPSA) is 68.5 Å². The van der Waals surface area contributed by atoms with E-state index in [4.69, 9.17) is 0 Å². The Hall–Kier alpha value is -2.80. The Bertz CT molecular complexity index is 1050. The Morgan fingerprint density at radius 3 is 2.81 bits per heavy atom. The molecule has 7 heteroatoms. The van der Waals surface area contributed by atoms with Crippen molar-refractivity contribution in [3.8, 4) is 11.3 Å². The summed E-state index contributed by atoms with van der Waals surface area (Å²) in [4.78, 5) is 9.70. The Balaban J connectivity index is 1.35. The molecule has 0 unspecified atom stereocenters. The first kappa shape index (κ1) is 15.5. The monoisotopic (exact) mass is 362 g/mol. The summed E-state index contributed by atoms with van der Waals surface area (Å²) in [7, 11) is 0. The lowest BCUT2D eigenvalue weighted by Crippen LogP contribution is -2.08. The van der Waals surface area contributed by atoms with Crippen LogP contribution in [0.1, 0.15) is 37.4 Å². The molecular formula is C19H18N6S. The SMILES string of the molecule is C[C@H](Nc1ncnc2sccc12)c1ccc(-c2cn(C3CC3)nn2)cc1. The van der Waals surface area contributed by atoms with E-state index in [1.165, 1.54) is 18.4 Å². The van der Waals surface area contributed by atoms with Crippen molar-refractivity contribution in [2.24, 2.45) is 0 Å². The van der Waals surface area contributed by atoms with Gasteiger partial charge in [-0.05, 0) is 36.8 Å². The Morgan fingerprint density at radius 1 is 1.15 bits per heavy atom. The van der Waals surface area contributed by atoms with Crippen molar-refractivity contribution in [3.63, 3.8) is 0 Å². The third-order valence-electron chi connectivity index (χ3n) is 4.75. The number of nitrogens with one attached hydrogen (secondary N) is 1. The third kappa shape index (κ3) is 2.84. The van der Waals surface area contributed by atoms with Crippen molar-refractivity contribution < 1.29 is 0 Å². The Labute approximate surface area is 154 Å². The number of thiophene rings is 1. The van der Waals surface area contributed by atoms with E-state index in [0.29, 0.717) is 6.04 Å². The lowest BCUT2D eigenvalue weighted by atomic mass is 10.0. The van der Waals surface area contributed by atoms with E-state index in [2.05, 4.69) is 62.9 Å². The summed E-state index contributed by atoms with van der Waals surface area (Å²) >= 11 is 1.63. The molecule has 3 aromatic heterocycles. The van der Waals surface area contributed by atoms with Gasteiger partial charge in [0.2, 0.25) is 0 Å². The minimum absolute atomic E-state index is 0.143. The van der Waals surface area contributed by atoms with Gasteiger partial charge in [-0.2, -0.15) is 0 Å². The van der Waals surface area contributed by atoms with E-state index in [0.717, 1.165) is 27.3 Å². The van der Waals surface area contributed by atoms with Crippen molar-refractivity contribution in [2.45, 2.75) is 31.8 Å². The van der Waals surface area contributed by atoms with E-state index in [1.54, 1.807) is 17.7 Å². The predicted octanol–water partition coefficient (Wildman–Crippen LogP) is 4.46. The van der Waals surface area contributed by atoms with Crippen molar-refractivity contribution >= 4 is 27.4 Å². The molecule has 3 heterocycles. The molecule has 1 N–H and O–H groups in total. The second-order valence-electron chi connectivity index (χ2n) is 6.66. The minimum atomic E-state index is 0.143. The number of nitrogens with zero attached hydrogens (tertiary/aromatic N) is 5. The lowest BCUT2D eigenvalue weighted by Gasteiger charge is -2.15. The second-order valence-corrected chi connectivity index (χ2v) is 7.56. The fourth-order valence-corrected chi connectivity index (χ4v) is 3.80. The van der Waals surface area contributed by atoms with Gasteiger partial charge < -0.3 is 5.32 Å². The van der Waals surface area contributed by atoms with E-state index in [9.17, 15) is 0 Å². The zero-order valence-electron chi connectivity index (χ0n) is 14.3. The van der Waals surface area contributed by atoms with Crippen LogP contribution in [0.2, 0.25) is 0 Å². The molecule has 1 fully saturated rings. The largest absolute Gasteiger partial charge is 0.363 e. The maximum Gasteiger partial charge on any atom is 0.138 e. The normalized spacial score (nSPS) is 15.3. The molecule has 130 valence electrons. The third-order valence-corrected chi connectivity index (χ3v) is 5.57. The molecule has 26 heavy (non-hydrogen) atoms. The Morgan fingerprint density at radius 2 is 2.00 bits per heavy atom. The van der Waals surface area contributed by atoms with Gasteiger partial charge in [0, 0.05) is 11.6 Å². The van der Waals surface area contributed by atoms with Crippen molar-refractivity contribution in [2.75, 3.05) is 5.32 Å². The van der Waals surface area contributed by atoms with Crippen LogP contribution in [0.15, 0.2) is 48.2 Å². The van der Waals surface area contributed by atoms with Crippen LogP contribution in [0, 0.1) is 0 Å².